The van der Waals surface area contributed by atoms with Crippen LogP contribution in [0.4, 0.5) is 5.69 Å². The summed E-state index contributed by atoms with van der Waals surface area (Å²) in [5.74, 6) is 0.557. The quantitative estimate of drug-likeness (QED) is 0.740. The van der Waals surface area contributed by atoms with E-state index in [-0.39, 0.29) is 6.01 Å². The molecule has 2 aromatic carbocycles. The number of aryl methyl sites for hydroxylation is 1. The first-order valence-corrected chi connectivity index (χ1v) is 6.23. The number of ether oxygens (including phenoxy) is 1. The number of aromatic nitrogens is 3. The van der Waals surface area contributed by atoms with Crippen molar-refractivity contribution in [2.75, 3.05) is 5.73 Å². The van der Waals surface area contributed by atoms with E-state index in [0.29, 0.717) is 11.4 Å². The number of benzene rings is 2. The molecule has 5 heteroatoms. The summed E-state index contributed by atoms with van der Waals surface area (Å²) in [6.07, 6.45) is 1.61. The van der Waals surface area contributed by atoms with Crippen LogP contribution >= 0.6 is 0 Å². The summed E-state index contributed by atoms with van der Waals surface area (Å²) in [7, 11) is 0. The fourth-order valence-corrected chi connectivity index (χ4v) is 1.86. The van der Waals surface area contributed by atoms with Crippen molar-refractivity contribution in [2.24, 2.45) is 0 Å². The normalized spacial score (nSPS) is 10.4. The molecule has 1 heterocycles. The molecule has 0 bridgehead atoms. The zero-order valence-electron chi connectivity index (χ0n) is 11.0. The van der Waals surface area contributed by atoms with Crippen LogP contribution in [0.25, 0.3) is 5.69 Å². The predicted molar refractivity (Wildman–Crippen MR) is 77.0 cm³/mol. The summed E-state index contributed by atoms with van der Waals surface area (Å²) in [4.78, 5) is 4.13. The zero-order valence-corrected chi connectivity index (χ0v) is 11.0. The summed E-state index contributed by atoms with van der Waals surface area (Å²) < 4.78 is 7.25. The first-order valence-electron chi connectivity index (χ1n) is 6.23. The molecule has 0 aliphatic carbocycles. The van der Waals surface area contributed by atoms with E-state index in [1.165, 1.54) is 0 Å². The molecule has 1 aromatic heterocycles. The highest BCUT2D eigenvalue weighted by molar-refractivity contribution is 5.54. The Bertz CT molecular complexity index is 722. The van der Waals surface area contributed by atoms with Gasteiger partial charge in [-0.25, -0.2) is 4.68 Å². The van der Waals surface area contributed by atoms with E-state index in [4.69, 9.17) is 10.5 Å². The maximum atomic E-state index is 5.90. The number of rotatable bonds is 3. The van der Waals surface area contributed by atoms with E-state index < -0.39 is 0 Å². The average molecular weight is 266 g/mol. The Labute approximate surface area is 116 Å². The van der Waals surface area contributed by atoms with Crippen LogP contribution in [0.5, 0.6) is 11.8 Å². The SMILES string of the molecule is Cc1ccc(Oc2ncn(-c3ccccc3)n2)c(N)c1. The fourth-order valence-electron chi connectivity index (χ4n) is 1.86. The van der Waals surface area contributed by atoms with Gasteiger partial charge < -0.3 is 10.5 Å². The van der Waals surface area contributed by atoms with Crippen LogP contribution in [0.2, 0.25) is 0 Å². The van der Waals surface area contributed by atoms with Crippen molar-refractivity contribution in [2.45, 2.75) is 6.92 Å². The van der Waals surface area contributed by atoms with Crippen LogP contribution in [-0.2, 0) is 0 Å². The monoisotopic (exact) mass is 266 g/mol. The third-order valence-electron chi connectivity index (χ3n) is 2.86. The third kappa shape index (κ3) is 2.47. The lowest BCUT2D eigenvalue weighted by Gasteiger charge is -2.05. The van der Waals surface area contributed by atoms with Crippen LogP contribution in [0.15, 0.2) is 54.9 Å². The highest BCUT2D eigenvalue weighted by atomic mass is 16.5. The molecule has 0 saturated heterocycles. The van der Waals surface area contributed by atoms with Crippen LogP contribution in [0.1, 0.15) is 5.56 Å². The summed E-state index contributed by atoms with van der Waals surface area (Å²) in [5, 5.41) is 4.27. The Morgan fingerprint density at radius 1 is 1.10 bits per heavy atom. The predicted octanol–water partition coefficient (Wildman–Crippen LogP) is 2.95. The molecular formula is C15H14N4O. The zero-order chi connectivity index (χ0) is 13.9. The number of nitrogens with zero attached hydrogens (tertiary/aromatic N) is 3. The minimum absolute atomic E-state index is 0.268. The van der Waals surface area contributed by atoms with E-state index in [1.807, 2.05) is 55.5 Å². The van der Waals surface area contributed by atoms with Crippen molar-refractivity contribution in [3.05, 3.63) is 60.4 Å². The third-order valence-corrected chi connectivity index (χ3v) is 2.86. The summed E-state index contributed by atoms with van der Waals surface area (Å²) >= 11 is 0. The molecule has 5 nitrogen and oxygen atoms in total. The van der Waals surface area contributed by atoms with E-state index >= 15 is 0 Å². The number of nitrogen functional groups attached to an aromatic ring is 1. The lowest BCUT2D eigenvalue weighted by atomic mass is 10.2. The highest BCUT2D eigenvalue weighted by Crippen LogP contribution is 2.26. The van der Waals surface area contributed by atoms with Gasteiger partial charge in [-0.15, -0.1) is 5.10 Å². The van der Waals surface area contributed by atoms with Crippen molar-refractivity contribution in [1.29, 1.82) is 0 Å². The van der Waals surface area contributed by atoms with Crippen LogP contribution < -0.4 is 10.5 Å². The molecule has 0 spiro atoms. The largest absolute Gasteiger partial charge is 0.421 e. The number of hydrogen-bond donors (Lipinski definition) is 1. The Morgan fingerprint density at radius 2 is 1.90 bits per heavy atom. The van der Waals surface area contributed by atoms with E-state index in [9.17, 15) is 0 Å². The molecule has 3 aromatic rings. The minimum atomic E-state index is 0.268. The lowest BCUT2D eigenvalue weighted by Crippen LogP contribution is -1.96. The lowest BCUT2D eigenvalue weighted by molar-refractivity contribution is 0.443. The van der Waals surface area contributed by atoms with Crippen molar-refractivity contribution in [3.63, 3.8) is 0 Å². The van der Waals surface area contributed by atoms with Gasteiger partial charge in [0.05, 0.1) is 11.4 Å². The van der Waals surface area contributed by atoms with Crippen molar-refractivity contribution in [3.8, 4) is 17.4 Å². The van der Waals surface area contributed by atoms with Gasteiger partial charge in [0.25, 0.3) is 0 Å². The van der Waals surface area contributed by atoms with Crippen LogP contribution in [0.3, 0.4) is 0 Å². The van der Waals surface area contributed by atoms with E-state index in [0.717, 1.165) is 11.3 Å². The molecule has 0 radical (unpaired) electrons. The molecule has 0 aliphatic rings. The summed E-state index contributed by atoms with van der Waals surface area (Å²) in [6, 6.07) is 15.6. The van der Waals surface area contributed by atoms with Crippen molar-refractivity contribution >= 4 is 5.69 Å². The Hall–Kier alpha value is -2.82. The topological polar surface area (TPSA) is 66.0 Å². The Morgan fingerprint density at radius 3 is 2.65 bits per heavy atom. The fraction of sp³-hybridized carbons (Fsp3) is 0.0667. The van der Waals surface area contributed by atoms with Crippen molar-refractivity contribution in [1.82, 2.24) is 14.8 Å². The molecule has 0 unspecified atom stereocenters. The number of anilines is 1. The average Bonchev–Trinajstić information content (AvgIpc) is 2.92. The molecule has 20 heavy (non-hydrogen) atoms. The molecule has 3 rings (SSSR count). The van der Waals surface area contributed by atoms with Gasteiger partial charge >= 0.3 is 6.01 Å². The van der Waals surface area contributed by atoms with E-state index in [1.54, 1.807) is 11.0 Å². The number of para-hydroxylation sites is 1. The van der Waals surface area contributed by atoms with Gasteiger partial charge in [-0.3, -0.25) is 0 Å². The second-order valence-electron chi connectivity index (χ2n) is 4.45. The maximum Gasteiger partial charge on any atom is 0.341 e. The molecular weight excluding hydrogens is 252 g/mol. The first kappa shape index (κ1) is 12.2. The van der Waals surface area contributed by atoms with Gasteiger partial charge in [-0.2, -0.15) is 4.98 Å². The first-order chi connectivity index (χ1) is 9.72. The van der Waals surface area contributed by atoms with Gasteiger partial charge in [0.1, 0.15) is 6.33 Å². The minimum Gasteiger partial charge on any atom is -0.421 e. The van der Waals surface area contributed by atoms with Gasteiger partial charge in [-0.05, 0) is 36.8 Å². The summed E-state index contributed by atoms with van der Waals surface area (Å²) in [5.41, 5.74) is 8.47. The molecule has 0 saturated carbocycles. The Balaban J connectivity index is 1.84. The molecule has 2 N–H and O–H groups in total. The van der Waals surface area contributed by atoms with E-state index in [2.05, 4.69) is 10.1 Å². The van der Waals surface area contributed by atoms with Crippen molar-refractivity contribution < 1.29 is 4.74 Å². The van der Waals surface area contributed by atoms with Gasteiger partial charge in [0.15, 0.2) is 5.75 Å². The van der Waals surface area contributed by atoms with Gasteiger partial charge in [-0.1, -0.05) is 24.3 Å². The highest BCUT2D eigenvalue weighted by Gasteiger charge is 2.07. The molecule has 0 aliphatic heterocycles. The number of hydrogen-bond acceptors (Lipinski definition) is 4. The maximum absolute atomic E-state index is 5.90. The van der Waals surface area contributed by atoms with Crippen LogP contribution in [-0.4, -0.2) is 14.8 Å². The van der Waals surface area contributed by atoms with Gasteiger partial charge in [0.2, 0.25) is 0 Å². The molecule has 100 valence electrons. The molecule has 0 atom stereocenters. The standard InChI is InChI=1S/C15H14N4O/c1-11-7-8-14(13(16)9-11)20-15-17-10-19(18-15)12-5-3-2-4-6-12/h2-10H,16H2,1H3. The second kappa shape index (κ2) is 5.05. The smallest absolute Gasteiger partial charge is 0.341 e. The number of nitrogens with two attached hydrogens (primary N) is 1. The Kier molecular flexibility index (Phi) is 3.09. The van der Waals surface area contributed by atoms with Crippen LogP contribution in [0, 0.1) is 6.92 Å². The van der Waals surface area contributed by atoms with Gasteiger partial charge in [0, 0.05) is 0 Å². The molecule has 0 amide bonds. The molecule has 0 fully saturated rings. The summed E-state index contributed by atoms with van der Waals surface area (Å²) in [6.45, 7) is 1.97. The second-order valence-corrected chi connectivity index (χ2v) is 4.45.